The van der Waals surface area contributed by atoms with Crippen molar-refractivity contribution in [3.63, 3.8) is 0 Å². The predicted octanol–water partition coefficient (Wildman–Crippen LogP) is 2.58. The van der Waals surface area contributed by atoms with Crippen molar-refractivity contribution < 1.29 is 34.1 Å². The fourth-order valence-electron chi connectivity index (χ4n) is 2.11. The lowest BCUT2D eigenvalue weighted by atomic mass is 10.0. The number of phenols is 2. The molecule has 0 fully saturated rings. The maximum Gasteiger partial charge on any atom is 0.345 e. The number of carbonyl (C=O) groups is 3. The summed E-state index contributed by atoms with van der Waals surface area (Å²) in [5.41, 5.74) is -1.19. The van der Waals surface area contributed by atoms with Gasteiger partial charge in [-0.05, 0) is 30.3 Å². The van der Waals surface area contributed by atoms with Crippen LogP contribution >= 0.6 is 11.6 Å². The number of methoxy groups -OCH3 is 2. The van der Waals surface area contributed by atoms with Crippen LogP contribution in [0.25, 0.3) is 0 Å². The summed E-state index contributed by atoms with van der Waals surface area (Å²) in [5.74, 6) is -4.31. The molecule has 0 saturated carbocycles. The van der Waals surface area contributed by atoms with Crippen LogP contribution in [-0.4, -0.2) is 42.3 Å². The molecule has 0 aliphatic heterocycles. The van der Waals surface area contributed by atoms with Gasteiger partial charge < -0.3 is 25.0 Å². The first-order valence-electron chi connectivity index (χ1n) is 7.12. The van der Waals surface area contributed by atoms with Crippen LogP contribution in [0.3, 0.4) is 0 Å². The quantitative estimate of drug-likeness (QED) is 0.424. The van der Waals surface area contributed by atoms with E-state index >= 15 is 0 Å². The van der Waals surface area contributed by atoms with E-state index in [0.29, 0.717) is 5.02 Å². The number of aromatic hydroxyl groups is 2. The fraction of sp³-hybridized carbons (Fsp3) is 0.118. The third kappa shape index (κ3) is 3.70. The fourth-order valence-corrected chi connectivity index (χ4v) is 2.24. The summed E-state index contributed by atoms with van der Waals surface area (Å²) in [4.78, 5) is 36.0. The van der Waals surface area contributed by atoms with E-state index in [1.165, 1.54) is 24.3 Å². The Kier molecular flexibility index (Phi) is 5.68. The Hall–Kier alpha value is -3.26. The Balaban J connectivity index is 2.53. The number of ether oxygens (including phenoxy) is 2. The molecule has 0 radical (unpaired) electrons. The summed E-state index contributed by atoms with van der Waals surface area (Å²) in [6.45, 7) is 0. The summed E-state index contributed by atoms with van der Waals surface area (Å²) in [5, 5.41) is 23.1. The molecule has 2 aromatic carbocycles. The van der Waals surface area contributed by atoms with Crippen LogP contribution in [0.1, 0.15) is 31.1 Å². The summed E-state index contributed by atoms with van der Waals surface area (Å²) < 4.78 is 9.01. The highest BCUT2D eigenvalue weighted by Crippen LogP contribution is 2.38. The Morgan fingerprint density at radius 1 is 0.962 bits per heavy atom. The highest BCUT2D eigenvalue weighted by molar-refractivity contribution is 6.30. The number of benzene rings is 2. The average molecular weight is 380 g/mol. The molecule has 136 valence electrons. The second-order valence-electron chi connectivity index (χ2n) is 4.99. The molecule has 3 N–H and O–H groups in total. The van der Waals surface area contributed by atoms with E-state index in [0.717, 1.165) is 20.3 Å². The summed E-state index contributed by atoms with van der Waals surface area (Å²) >= 11 is 5.76. The Morgan fingerprint density at radius 2 is 1.54 bits per heavy atom. The number of amides is 1. The Labute approximate surface area is 152 Å². The molecule has 0 aliphatic carbocycles. The highest BCUT2D eigenvalue weighted by atomic mass is 35.5. The number of carbonyl (C=O) groups excluding carboxylic acids is 3. The molecule has 0 aliphatic rings. The van der Waals surface area contributed by atoms with E-state index in [1.807, 2.05) is 0 Å². The molecular weight excluding hydrogens is 366 g/mol. The standard InChI is InChI=1S/C17H14ClNO7/c1-25-16(23)10-7-11(14(21)12(13(10)20)17(24)26-2)19-15(22)8-3-5-9(18)6-4-8/h3-7,20-21H,1-2H3,(H,19,22). The molecule has 0 aromatic heterocycles. The molecule has 0 bridgehead atoms. The highest BCUT2D eigenvalue weighted by Gasteiger charge is 2.28. The van der Waals surface area contributed by atoms with Gasteiger partial charge in [-0.3, -0.25) is 4.79 Å². The second kappa shape index (κ2) is 7.75. The van der Waals surface area contributed by atoms with Crippen LogP contribution < -0.4 is 5.32 Å². The first-order chi connectivity index (χ1) is 12.3. The molecule has 0 saturated heterocycles. The molecule has 0 spiro atoms. The zero-order chi connectivity index (χ0) is 19.4. The van der Waals surface area contributed by atoms with Crippen molar-refractivity contribution in [2.45, 2.75) is 0 Å². The van der Waals surface area contributed by atoms with E-state index in [9.17, 15) is 24.6 Å². The third-order valence-corrected chi connectivity index (χ3v) is 3.67. The Bertz CT molecular complexity index is 878. The number of anilines is 1. The van der Waals surface area contributed by atoms with Crippen molar-refractivity contribution in [1.29, 1.82) is 0 Å². The third-order valence-electron chi connectivity index (χ3n) is 3.42. The molecule has 2 aromatic rings. The van der Waals surface area contributed by atoms with E-state index < -0.39 is 40.5 Å². The maximum absolute atomic E-state index is 12.3. The minimum Gasteiger partial charge on any atom is -0.506 e. The molecule has 2 rings (SSSR count). The van der Waals surface area contributed by atoms with Crippen molar-refractivity contribution in [2.75, 3.05) is 19.5 Å². The minimum absolute atomic E-state index is 0.209. The average Bonchev–Trinajstić information content (AvgIpc) is 2.63. The molecule has 0 unspecified atom stereocenters. The van der Waals surface area contributed by atoms with Gasteiger partial charge in [-0.25, -0.2) is 9.59 Å². The number of phenolic OH excluding ortho intramolecular Hbond substituents is 2. The van der Waals surface area contributed by atoms with Gasteiger partial charge >= 0.3 is 11.9 Å². The number of esters is 2. The summed E-state index contributed by atoms with van der Waals surface area (Å²) in [6, 6.07) is 6.85. The van der Waals surface area contributed by atoms with E-state index in [-0.39, 0.29) is 11.3 Å². The Morgan fingerprint density at radius 3 is 2.08 bits per heavy atom. The molecule has 8 nitrogen and oxygen atoms in total. The van der Waals surface area contributed by atoms with Gasteiger partial charge in [-0.2, -0.15) is 0 Å². The number of hydrogen-bond acceptors (Lipinski definition) is 7. The molecule has 9 heteroatoms. The minimum atomic E-state index is -1.10. The normalized spacial score (nSPS) is 10.1. The van der Waals surface area contributed by atoms with Crippen molar-refractivity contribution in [3.8, 4) is 11.5 Å². The summed E-state index contributed by atoms with van der Waals surface area (Å²) in [7, 11) is 2.09. The van der Waals surface area contributed by atoms with Gasteiger partial charge in [0.15, 0.2) is 5.75 Å². The van der Waals surface area contributed by atoms with Crippen LogP contribution in [0.5, 0.6) is 11.5 Å². The van der Waals surface area contributed by atoms with Crippen molar-refractivity contribution in [3.05, 3.63) is 52.0 Å². The lowest BCUT2D eigenvalue weighted by Crippen LogP contribution is -2.15. The van der Waals surface area contributed by atoms with E-state index in [1.54, 1.807) is 0 Å². The maximum atomic E-state index is 12.3. The van der Waals surface area contributed by atoms with E-state index in [2.05, 4.69) is 14.8 Å². The molecular formula is C17H14ClNO7. The van der Waals surface area contributed by atoms with Gasteiger partial charge in [0.1, 0.15) is 16.9 Å². The van der Waals surface area contributed by atoms with Crippen molar-refractivity contribution in [1.82, 2.24) is 0 Å². The van der Waals surface area contributed by atoms with Crippen LogP contribution in [0.15, 0.2) is 30.3 Å². The van der Waals surface area contributed by atoms with Gasteiger partial charge in [-0.1, -0.05) is 11.6 Å². The first kappa shape index (κ1) is 19.1. The molecule has 1 amide bonds. The number of rotatable bonds is 4. The van der Waals surface area contributed by atoms with Crippen molar-refractivity contribution >= 4 is 35.1 Å². The van der Waals surface area contributed by atoms with Crippen LogP contribution in [0.4, 0.5) is 5.69 Å². The van der Waals surface area contributed by atoms with Crippen LogP contribution in [-0.2, 0) is 9.47 Å². The first-order valence-corrected chi connectivity index (χ1v) is 7.50. The largest absolute Gasteiger partial charge is 0.506 e. The van der Waals surface area contributed by atoms with Crippen molar-refractivity contribution in [2.24, 2.45) is 0 Å². The van der Waals surface area contributed by atoms with Gasteiger partial charge in [-0.15, -0.1) is 0 Å². The van der Waals surface area contributed by atoms with Gasteiger partial charge in [0.2, 0.25) is 0 Å². The molecule has 0 heterocycles. The number of halogens is 1. The summed E-state index contributed by atoms with van der Waals surface area (Å²) in [6.07, 6.45) is 0. The van der Waals surface area contributed by atoms with Gasteiger partial charge in [0, 0.05) is 10.6 Å². The number of hydrogen-bond donors (Lipinski definition) is 3. The zero-order valence-electron chi connectivity index (χ0n) is 13.7. The van der Waals surface area contributed by atoms with Gasteiger partial charge in [0.25, 0.3) is 5.91 Å². The van der Waals surface area contributed by atoms with E-state index in [4.69, 9.17) is 11.6 Å². The van der Waals surface area contributed by atoms with Crippen LogP contribution in [0, 0.1) is 0 Å². The predicted molar refractivity (Wildman–Crippen MR) is 91.9 cm³/mol. The lowest BCUT2D eigenvalue weighted by Gasteiger charge is -2.14. The zero-order valence-corrected chi connectivity index (χ0v) is 14.5. The smallest absolute Gasteiger partial charge is 0.345 e. The SMILES string of the molecule is COC(=O)c1cc(NC(=O)c2ccc(Cl)cc2)c(O)c(C(=O)OC)c1O. The van der Waals surface area contributed by atoms with Crippen LogP contribution in [0.2, 0.25) is 5.02 Å². The molecule has 26 heavy (non-hydrogen) atoms. The number of nitrogens with one attached hydrogen (secondary N) is 1. The monoisotopic (exact) mass is 379 g/mol. The van der Waals surface area contributed by atoms with Gasteiger partial charge in [0.05, 0.1) is 19.9 Å². The lowest BCUT2D eigenvalue weighted by molar-refractivity contribution is 0.0590. The topological polar surface area (TPSA) is 122 Å². The molecule has 0 atom stereocenters. The second-order valence-corrected chi connectivity index (χ2v) is 5.42.